The first-order chi connectivity index (χ1) is 14.5. The summed E-state index contributed by atoms with van der Waals surface area (Å²) in [6, 6.07) is 20.5. The zero-order valence-corrected chi connectivity index (χ0v) is 20.4. The largest absolute Gasteiger partial charge is 0.494 e. The number of hydrogen-bond donors (Lipinski definition) is 1. The Morgan fingerprint density at radius 1 is 0.935 bits per heavy atom. The number of aryl methyl sites for hydroxylation is 2. The number of benzene rings is 3. The minimum absolute atomic E-state index is 0. The second-order valence-electron chi connectivity index (χ2n) is 7.34. The number of imidazole rings is 1. The first-order valence-electron chi connectivity index (χ1n) is 9.88. The highest BCUT2D eigenvalue weighted by Crippen LogP contribution is 2.18. The van der Waals surface area contributed by atoms with Crippen molar-refractivity contribution >= 4 is 43.9 Å². The molecule has 3 aromatic carbocycles. The molecule has 1 heterocycles. The number of aromatic nitrogens is 2. The third-order valence-electron chi connectivity index (χ3n) is 5.09. The zero-order valence-electron chi connectivity index (χ0n) is 17.1. The molecule has 4 rings (SSSR count). The van der Waals surface area contributed by atoms with Crippen LogP contribution in [0.5, 0.6) is 5.75 Å². The van der Waals surface area contributed by atoms with Gasteiger partial charge in [0.05, 0.1) is 24.2 Å². The Morgan fingerprint density at radius 2 is 1.65 bits per heavy atom. The number of nitrogens with zero attached hydrogens (tertiary/aromatic N) is 2. The van der Waals surface area contributed by atoms with Gasteiger partial charge in [-0.05, 0) is 73.0 Å². The lowest BCUT2D eigenvalue weighted by molar-refractivity contribution is 0.300. The van der Waals surface area contributed by atoms with Gasteiger partial charge in [0.25, 0.3) is 0 Å². The van der Waals surface area contributed by atoms with Gasteiger partial charge in [-0.2, -0.15) is 0 Å². The molecule has 0 radical (unpaired) electrons. The highest BCUT2D eigenvalue weighted by atomic mass is 79.9. The number of hydrogen-bond acceptors (Lipinski definition) is 2. The molecule has 162 valence electrons. The average molecular weight is 549 g/mol. The van der Waals surface area contributed by atoms with Crippen molar-refractivity contribution in [1.29, 1.82) is 5.41 Å². The van der Waals surface area contributed by atoms with Gasteiger partial charge >= 0.3 is 0 Å². The number of fused-ring (bicyclic) bond motifs is 1. The van der Waals surface area contributed by atoms with Crippen LogP contribution in [0, 0.1) is 18.2 Å². The summed E-state index contributed by atoms with van der Waals surface area (Å²) >= 11 is 3.48. The van der Waals surface area contributed by atoms with E-state index >= 15 is 0 Å². The summed E-state index contributed by atoms with van der Waals surface area (Å²) in [5.74, 6) is 0.381. The quantitative estimate of drug-likeness (QED) is 0.273. The Hall–Kier alpha value is -2.38. The second kappa shape index (κ2) is 10.3. The van der Waals surface area contributed by atoms with E-state index in [1.165, 1.54) is 17.7 Å². The fourth-order valence-corrected chi connectivity index (χ4v) is 3.82. The van der Waals surface area contributed by atoms with Crippen LogP contribution in [0.4, 0.5) is 4.39 Å². The van der Waals surface area contributed by atoms with Gasteiger partial charge in [0, 0.05) is 11.0 Å². The van der Waals surface area contributed by atoms with E-state index in [1.807, 2.05) is 21.3 Å². The van der Waals surface area contributed by atoms with E-state index in [2.05, 4.69) is 53.2 Å². The number of nitrogens with one attached hydrogen (secondary N) is 1. The molecule has 1 N–H and O–H groups in total. The molecule has 0 aliphatic carbocycles. The van der Waals surface area contributed by atoms with Gasteiger partial charge in [-0.3, -0.25) is 5.41 Å². The number of rotatable bonds is 7. The summed E-state index contributed by atoms with van der Waals surface area (Å²) in [6.45, 7) is 3.89. The lowest BCUT2D eigenvalue weighted by Crippen LogP contribution is -2.25. The van der Waals surface area contributed by atoms with Crippen LogP contribution in [0.15, 0.2) is 71.2 Å². The van der Waals surface area contributed by atoms with Gasteiger partial charge in [-0.15, -0.1) is 17.0 Å². The summed E-state index contributed by atoms with van der Waals surface area (Å²) in [4.78, 5) is 0. The predicted molar refractivity (Wildman–Crippen MR) is 131 cm³/mol. The highest BCUT2D eigenvalue weighted by Gasteiger charge is 2.12. The van der Waals surface area contributed by atoms with Crippen molar-refractivity contribution in [3.63, 3.8) is 0 Å². The minimum Gasteiger partial charge on any atom is -0.494 e. The molecule has 7 heteroatoms. The SMILES string of the molecule is Br.Cc1ccc2c(c1)n(Cc1ccc(Br)cc1)c(=N)n2CCCOc1ccc(F)cc1. The average Bonchev–Trinajstić information content (AvgIpc) is 2.99. The molecule has 31 heavy (non-hydrogen) atoms. The first-order valence-corrected chi connectivity index (χ1v) is 10.7. The molecule has 0 unspecified atom stereocenters. The Bertz CT molecular complexity index is 1210. The molecular formula is C24H24Br2FN3O. The molecule has 4 nitrogen and oxygen atoms in total. The Kier molecular flexibility index (Phi) is 7.73. The van der Waals surface area contributed by atoms with Crippen LogP contribution < -0.4 is 10.4 Å². The molecule has 0 aliphatic rings. The fraction of sp³-hybridized carbons (Fsp3) is 0.208. The first kappa shape index (κ1) is 23.3. The van der Waals surface area contributed by atoms with Crippen LogP contribution >= 0.6 is 32.9 Å². The zero-order chi connectivity index (χ0) is 21.1. The van der Waals surface area contributed by atoms with Crippen molar-refractivity contribution in [3.05, 3.63) is 93.8 Å². The molecule has 0 spiro atoms. The third kappa shape index (κ3) is 5.46. The number of ether oxygens (including phenoxy) is 1. The summed E-state index contributed by atoms with van der Waals surface area (Å²) in [6.07, 6.45) is 0.749. The summed E-state index contributed by atoms with van der Waals surface area (Å²) in [5.41, 5.74) is 4.90. The Morgan fingerprint density at radius 3 is 2.35 bits per heavy atom. The molecule has 0 aliphatic heterocycles. The fourth-order valence-electron chi connectivity index (χ4n) is 3.55. The van der Waals surface area contributed by atoms with Gasteiger partial charge in [0.15, 0.2) is 0 Å². The van der Waals surface area contributed by atoms with Gasteiger partial charge in [-0.25, -0.2) is 4.39 Å². The van der Waals surface area contributed by atoms with Crippen LogP contribution in [0.2, 0.25) is 0 Å². The molecule has 0 saturated heterocycles. The third-order valence-corrected chi connectivity index (χ3v) is 5.61. The highest BCUT2D eigenvalue weighted by molar-refractivity contribution is 9.10. The van der Waals surface area contributed by atoms with Gasteiger partial charge in [-0.1, -0.05) is 34.1 Å². The van der Waals surface area contributed by atoms with Crippen molar-refractivity contribution in [2.75, 3.05) is 6.61 Å². The second-order valence-corrected chi connectivity index (χ2v) is 8.25. The van der Waals surface area contributed by atoms with E-state index in [4.69, 9.17) is 10.1 Å². The summed E-state index contributed by atoms with van der Waals surface area (Å²) in [5, 5.41) is 8.79. The standard InChI is InChI=1S/C24H23BrFN3O.BrH/c1-17-3-12-22-23(15-17)29(16-18-4-6-19(25)7-5-18)24(27)28(22)13-2-14-30-21-10-8-20(26)9-11-21;/h3-12,15,27H,2,13-14,16H2,1H3;1H. The Balaban J connectivity index is 0.00000272. The van der Waals surface area contributed by atoms with Gasteiger partial charge < -0.3 is 13.9 Å². The number of halogens is 3. The van der Waals surface area contributed by atoms with E-state index in [0.29, 0.717) is 31.1 Å². The molecule has 0 saturated carbocycles. The van der Waals surface area contributed by atoms with Crippen molar-refractivity contribution in [2.45, 2.75) is 26.4 Å². The molecule has 0 atom stereocenters. The minimum atomic E-state index is -0.273. The topological polar surface area (TPSA) is 42.9 Å². The van der Waals surface area contributed by atoms with E-state index in [0.717, 1.165) is 27.5 Å². The van der Waals surface area contributed by atoms with Crippen LogP contribution in [0.1, 0.15) is 17.5 Å². The van der Waals surface area contributed by atoms with Crippen LogP contribution in [0.25, 0.3) is 11.0 Å². The van der Waals surface area contributed by atoms with Crippen LogP contribution in [-0.4, -0.2) is 15.7 Å². The van der Waals surface area contributed by atoms with E-state index in [1.54, 1.807) is 12.1 Å². The van der Waals surface area contributed by atoms with Crippen LogP contribution in [0.3, 0.4) is 0 Å². The van der Waals surface area contributed by atoms with Crippen LogP contribution in [-0.2, 0) is 13.1 Å². The van der Waals surface area contributed by atoms with Crippen molar-refractivity contribution in [2.24, 2.45) is 0 Å². The lowest BCUT2D eigenvalue weighted by Gasteiger charge is -2.08. The summed E-state index contributed by atoms with van der Waals surface area (Å²) < 4.78 is 23.8. The molecule has 1 aromatic heterocycles. The normalized spacial score (nSPS) is 10.8. The lowest BCUT2D eigenvalue weighted by atomic mass is 10.2. The summed E-state index contributed by atoms with van der Waals surface area (Å²) in [7, 11) is 0. The van der Waals surface area contributed by atoms with E-state index in [9.17, 15) is 4.39 Å². The van der Waals surface area contributed by atoms with E-state index < -0.39 is 0 Å². The maximum Gasteiger partial charge on any atom is 0.203 e. The van der Waals surface area contributed by atoms with Gasteiger partial charge in [0.2, 0.25) is 5.62 Å². The van der Waals surface area contributed by atoms with Crippen molar-refractivity contribution in [1.82, 2.24) is 9.13 Å². The van der Waals surface area contributed by atoms with Gasteiger partial charge in [0.1, 0.15) is 11.6 Å². The maximum absolute atomic E-state index is 13.0. The monoisotopic (exact) mass is 547 g/mol. The Labute approximate surface area is 199 Å². The molecule has 0 amide bonds. The smallest absolute Gasteiger partial charge is 0.203 e. The molecular weight excluding hydrogens is 525 g/mol. The predicted octanol–water partition coefficient (Wildman–Crippen LogP) is 6.23. The molecule has 0 bridgehead atoms. The molecule has 0 fully saturated rings. The van der Waals surface area contributed by atoms with E-state index in [-0.39, 0.29) is 22.8 Å². The van der Waals surface area contributed by atoms with Crippen molar-refractivity contribution < 1.29 is 9.13 Å². The maximum atomic E-state index is 13.0. The molecule has 4 aromatic rings. The van der Waals surface area contributed by atoms with Crippen molar-refractivity contribution in [3.8, 4) is 5.75 Å².